The maximum atomic E-state index is 5.67. The highest BCUT2D eigenvalue weighted by atomic mass is 79.9. The molecule has 0 aliphatic rings. The van der Waals surface area contributed by atoms with Crippen LogP contribution >= 0.6 is 15.9 Å². The van der Waals surface area contributed by atoms with Crippen molar-refractivity contribution in [1.29, 1.82) is 0 Å². The molecule has 5 heteroatoms. The van der Waals surface area contributed by atoms with Crippen molar-refractivity contribution >= 4 is 15.9 Å². The lowest BCUT2D eigenvalue weighted by Gasteiger charge is -2.11. The second-order valence-electron chi connectivity index (χ2n) is 4.92. The molecule has 0 fully saturated rings. The van der Waals surface area contributed by atoms with Crippen molar-refractivity contribution in [1.82, 2.24) is 0 Å². The van der Waals surface area contributed by atoms with Crippen molar-refractivity contribution in [2.45, 2.75) is 6.92 Å². The van der Waals surface area contributed by atoms with E-state index in [0.717, 1.165) is 27.3 Å². The SMILES string of the molecule is COc1cc(C)ccc1OCCOCCOc1cccc(Br)c1. The molecule has 2 rings (SSSR count). The van der Waals surface area contributed by atoms with Crippen LogP contribution in [0.1, 0.15) is 5.56 Å². The monoisotopic (exact) mass is 380 g/mol. The quantitative estimate of drug-likeness (QED) is 0.609. The van der Waals surface area contributed by atoms with Gasteiger partial charge in [-0.1, -0.05) is 28.1 Å². The van der Waals surface area contributed by atoms with E-state index in [4.69, 9.17) is 18.9 Å². The molecule has 0 atom stereocenters. The first-order valence-corrected chi connectivity index (χ1v) is 8.22. The number of hydrogen-bond acceptors (Lipinski definition) is 4. The Labute approximate surface area is 145 Å². The molecule has 4 nitrogen and oxygen atoms in total. The lowest BCUT2D eigenvalue weighted by Crippen LogP contribution is -2.12. The van der Waals surface area contributed by atoms with Gasteiger partial charge in [0.2, 0.25) is 0 Å². The van der Waals surface area contributed by atoms with Crippen LogP contribution < -0.4 is 14.2 Å². The Kier molecular flexibility index (Phi) is 7.23. The average Bonchev–Trinajstić information content (AvgIpc) is 2.55. The summed E-state index contributed by atoms with van der Waals surface area (Å²) < 4.78 is 23.0. The van der Waals surface area contributed by atoms with Crippen LogP contribution in [-0.4, -0.2) is 33.5 Å². The summed E-state index contributed by atoms with van der Waals surface area (Å²) in [4.78, 5) is 0. The largest absolute Gasteiger partial charge is 0.493 e. The van der Waals surface area contributed by atoms with Gasteiger partial charge in [0.25, 0.3) is 0 Å². The lowest BCUT2D eigenvalue weighted by atomic mass is 10.2. The molecule has 124 valence electrons. The van der Waals surface area contributed by atoms with Gasteiger partial charge < -0.3 is 18.9 Å². The summed E-state index contributed by atoms with van der Waals surface area (Å²) in [5, 5.41) is 0. The number of benzene rings is 2. The van der Waals surface area contributed by atoms with Gasteiger partial charge in [-0.3, -0.25) is 0 Å². The number of hydrogen-bond donors (Lipinski definition) is 0. The van der Waals surface area contributed by atoms with Crippen molar-refractivity contribution in [3.63, 3.8) is 0 Å². The Morgan fingerprint density at radius 2 is 1.65 bits per heavy atom. The van der Waals surface area contributed by atoms with Gasteiger partial charge in [0.1, 0.15) is 19.0 Å². The Morgan fingerprint density at radius 1 is 0.870 bits per heavy atom. The van der Waals surface area contributed by atoms with Crippen LogP contribution in [0.25, 0.3) is 0 Å². The highest BCUT2D eigenvalue weighted by Gasteiger charge is 2.04. The number of halogens is 1. The van der Waals surface area contributed by atoms with Gasteiger partial charge >= 0.3 is 0 Å². The average molecular weight is 381 g/mol. The van der Waals surface area contributed by atoms with Gasteiger partial charge in [0.15, 0.2) is 11.5 Å². The van der Waals surface area contributed by atoms with Gasteiger partial charge in [-0.2, -0.15) is 0 Å². The fourth-order valence-electron chi connectivity index (χ4n) is 1.98. The summed E-state index contributed by atoms with van der Waals surface area (Å²) in [6, 6.07) is 13.6. The smallest absolute Gasteiger partial charge is 0.161 e. The van der Waals surface area contributed by atoms with E-state index in [1.54, 1.807) is 7.11 Å². The van der Waals surface area contributed by atoms with E-state index in [2.05, 4.69) is 15.9 Å². The van der Waals surface area contributed by atoms with Gasteiger partial charge in [-0.15, -0.1) is 0 Å². The molecule has 2 aromatic carbocycles. The number of methoxy groups -OCH3 is 1. The molecule has 0 aliphatic heterocycles. The molecule has 2 aromatic rings. The van der Waals surface area contributed by atoms with Crippen LogP contribution in [0.15, 0.2) is 46.9 Å². The minimum absolute atomic E-state index is 0.469. The normalized spacial score (nSPS) is 10.4. The van der Waals surface area contributed by atoms with E-state index in [1.165, 1.54) is 0 Å². The molecule has 0 radical (unpaired) electrons. The van der Waals surface area contributed by atoms with Gasteiger partial charge in [-0.25, -0.2) is 0 Å². The van der Waals surface area contributed by atoms with Crippen LogP contribution in [0.5, 0.6) is 17.2 Å². The maximum Gasteiger partial charge on any atom is 0.161 e. The zero-order valence-corrected chi connectivity index (χ0v) is 15.0. The lowest BCUT2D eigenvalue weighted by molar-refractivity contribution is 0.0757. The summed E-state index contributed by atoms with van der Waals surface area (Å²) >= 11 is 3.41. The van der Waals surface area contributed by atoms with Crippen molar-refractivity contribution in [3.05, 3.63) is 52.5 Å². The summed E-state index contributed by atoms with van der Waals surface area (Å²) in [5.41, 5.74) is 1.13. The molecule has 0 saturated carbocycles. The maximum absolute atomic E-state index is 5.67. The molecule has 0 unspecified atom stereocenters. The summed E-state index contributed by atoms with van der Waals surface area (Å²) in [5.74, 6) is 2.29. The minimum atomic E-state index is 0.469. The molecule has 0 saturated heterocycles. The topological polar surface area (TPSA) is 36.9 Å². The molecule has 0 spiro atoms. The molecule has 0 aliphatic carbocycles. The predicted octanol–water partition coefficient (Wildman–Crippen LogP) is 4.24. The molecule has 23 heavy (non-hydrogen) atoms. The van der Waals surface area contributed by atoms with E-state index < -0.39 is 0 Å². The Morgan fingerprint density at radius 3 is 2.39 bits per heavy atom. The third kappa shape index (κ3) is 6.12. The van der Waals surface area contributed by atoms with Crippen molar-refractivity contribution in [3.8, 4) is 17.2 Å². The van der Waals surface area contributed by atoms with Crippen molar-refractivity contribution in [2.75, 3.05) is 33.5 Å². The van der Waals surface area contributed by atoms with Gasteiger partial charge in [0.05, 0.1) is 20.3 Å². The van der Waals surface area contributed by atoms with E-state index in [9.17, 15) is 0 Å². The van der Waals surface area contributed by atoms with Crippen LogP contribution in [0, 0.1) is 6.92 Å². The minimum Gasteiger partial charge on any atom is -0.493 e. The highest BCUT2D eigenvalue weighted by molar-refractivity contribution is 9.10. The van der Waals surface area contributed by atoms with Gasteiger partial charge in [0, 0.05) is 4.47 Å². The van der Waals surface area contributed by atoms with E-state index >= 15 is 0 Å². The van der Waals surface area contributed by atoms with Crippen LogP contribution in [0.4, 0.5) is 0 Å². The molecule has 0 aromatic heterocycles. The first kappa shape index (κ1) is 17.6. The zero-order chi connectivity index (χ0) is 16.5. The Hall–Kier alpha value is -1.72. The molecule has 0 heterocycles. The molecule has 0 bridgehead atoms. The van der Waals surface area contributed by atoms with Crippen molar-refractivity contribution < 1.29 is 18.9 Å². The first-order chi connectivity index (χ1) is 11.2. The van der Waals surface area contributed by atoms with E-state index in [1.807, 2.05) is 49.4 Å². The number of rotatable bonds is 9. The second kappa shape index (κ2) is 9.43. The highest BCUT2D eigenvalue weighted by Crippen LogP contribution is 2.27. The summed E-state index contributed by atoms with van der Waals surface area (Å²) in [6.07, 6.45) is 0. The first-order valence-electron chi connectivity index (χ1n) is 7.42. The fraction of sp³-hybridized carbons (Fsp3) is 0.333. The van der Waals surface area contributed by atoms with E-state index in [0.29, 0.717) is 26.4 Å². The molecular formula is C18H21BrO4. The van der Waals surface area contributed by atoms with Crippen LogP contribution in [0.3, 0.4) is 0 Å². The van der Waals surface area contributed by atoms with Crippen molar-refractivity contribution in [2.24, 2.45) is 0 Å². The van der Waals surface area contributed by atoms with E-state index in [-0.39, 0.29) is 0 Å². The third-order valence-electron chi connectivity index (χ3n) is 3.10. The Balaban J connectivity index is 1.61. The molecular weight excluding hydrogens is 360 g/mol. The number of aryl methyl sites for hydroxylation is 1. The Bertz CT molecular complexity index is 616. The predicted molar refractivity (Wildman–Crippen MR) is 93.7 cm³/mol. The number of ether oxygens (including phenoxy) is 4. The molecule has 0 N–H and O–H groups in total. The van der Waals surface area contributed by atoms with Crippen LogP contribution in [-0.2, 0) is 4.74 Å². The summed E-state index contributed by atoms with van der Waals surface area (Å²) in [7, 11) is 1.64. The van der Waals surface area contributed by atoms with Crippen LogP contribution in [0.2, 0.25) is 0 Å². The second-order valence-corrected chi connectivity index (χ2v) is 5.84. The summed E-state index contributed by atoms with van der Waals surface area (Å²) in [6.45, 7) is 4.00. The molecule has 0 amide bonds. The standard InChI is InChI=1S/C18H21BrO4/c1-14-6-7-17(18(12-14)20-2)23-11-9-21-8-10-22-16-5-3-4-15(19)13-16/h3-7,12-13H,8-11H2,1-2H3. The zero-order valence-electron chi connectivity index (χ0n) is 13.4. The van der Waals surface area contributed by atoms with Gasteiger partial charge in [-0.05, 0) is 42.8 Å². The third-order valence-corrected chi connectivity index (χ3v) is 3.59. The fourth-order valence-corrected chi connectivity index (χ4v) is 2.36.